The molecule has 2 aromatic rings. The van der Waals surface area contributed by atoms with Gasteiger partial charge in [-0.3, -0.25) is 9.78 Å². The molecule has 1 aliphatic rings. The van der Waals surface area contributed by atoms with Crippen molar-refractivity contribution in [3.8, 4) is 0 Å². The number of amides is 1. The third-order valence-electron chi connectivity index (χ3n) is 4.36. The van der Waals surface area contributed by atoms with Crippen LogP contribution in [0.2, 0.25) is 0 Å². The Labute approximate surface area is 131 Å². The maximum atomic E-state index is 12.4. The highest BCUT2D eigenvalue weighted by molar-refractivity contribution is 5.92. The van der Waals surface area contributed by atoms with Crippen molar-refractivity contribution >= 4 is 5.91 Å². The smallest absolute Gasteiger partial charge is 0.272 e. The molecule has 22 heavy (non-hydrogen) atoms. The number of carbonyl (C=O) groups is 1. The minimum atomic E-state index is 0.0518. The van der Waals surface area contributed by atoms with Gasteiger partial charge in [-0.25, -0.2) is 4.98 Å². The molecule has 3 rings (SSSR count). The molecular formula is C17H22N4O. The van der Waals surface area contributed by atoms with Crippen molar-refractivity contribution in [1.82, 2.24) is 19.4 Å². The van der Waals surface area contributed by atoms with E-state index in [1.807, 2.05) is 23.2 Å². The Morgan fingerprint density at radius 2 is 2.05 bits per heavy atom. The maximum Gasteiger partial charge on any atom is 0.272 e. The Bertz CT molecular complexity index is 615. The largest absolute Gasteiger partial charge is 0.337 e. The third kappa shape index (κ3) is 3.18. The van der Waals surface area contributed by atoms with E-state index in [1.54, 1.807) is 12.3 Å². The number of rotatable bonds is 4. The molecule has 0 atom stereocenters. The Hall–Kier alpha value is -2.17. The number of imidazole rings is 1. The van der Waals surface area contributed by atoms with Gasteiger partial charge in [0.25, 0.3) is 5.91 Å². The lowest BCUT2D eigenvalue weighted by Gasteiger charge is -2.32. The van der Waals surface area contributed by atoms with Gasteiger partial charge in [-0.15, -0.1) is 0 Å². The van der Waals surface area contributed by atoms with Crippen LogP contribution in [0.1, 0.15) is 36.1 Å². The minimum absolute atomic E-state index is 0.0518. The zero-order valence-corrected chi connectivity index (χ0v) is 13.0. The molecule has 0 N–H and O–H groups in total. The van der Waals surface area contributed by atoms with E-state index in [2.05, 4.69) is 27.7 Å². The van der Waals surface area contributed by atoms with Gasteiger partial charge in [-0.2, -0.15) is 0 Å². The zero-order chi connectivity index (χ0) is 15.4. The first-order chi connectivity index (χ1) is 10.8. The standard InChI is InChI=1S/C17H22N4O/c1-2-16-19-9-12-21(16)13-14-6-10-20(11-7-14)17(22)15-5-3-4-8-18-15/h3-5,8-9,12,14H,2,6-7,10-11,13H2,1H3. The van der Waals surface area contributed by atoms with E-state index in [9.17, 15) is 4.79 Å². The van der Waals surface area contributed by atoms with E-state index in [4.69, 9.17) is 0 Å². The van der Waals surface area contributed by atoms with Crippen LogP contribution < -0.4 is 0 Å². The molecule has 1 saturated heterocycles. The topological polar surface area (TPSA) is 51.0 Å². The summed E-state index contributed by atoms with van der Waals surface area (Å²) in [6.45, 7) is 4.77. The molecular weight excluding hydrogens is 276 g/mol. The zero-order valence-electron chi connectivity index (χ0n) is 13.0. The van der Waals surface area contributed by atoms with Crippen molar-refractivity contribution in [1.29, 1.82) is 0 Å². The van der Waals surface area contributed by atoms with E-state index in [0.717, 1.165) is 44.7 Å². The van der Waals surface area contributed by atoms with Crippen molar-refractivity contribution in [3.63, 3.8) is 0 Å². The molecule has 5 heteroatoms. The quantitative estimate of drug-likeness (QED) is 0.871. The molecule has 0 unspecified atom stereocenters. The first-order valence-electron chi connectivity index (χ1n) is 7.98. The van der Waals surface area contributed by atoms with Crippen molar-refractivity contribution in [3.05, 3.63) is 48.3 Å². The van der Waals surface area contributed by atoms with Gasteiger partial charge in [0, 0.05) is 44.6 Å². The van der Waals surface area contributed by atoms with Gasteiger partial charge < -0.3 is 9.47 Å². The van der Waals surface area contributed by atoms with E-state index in [1.165, 1.54) is 0 Å². The molecule has 1 aliphatic heterocycles. The number of piperidine rings is 1. The molecule has 1 amide bonds. The second-order valence-corrected chi connectivity index (χ2v) is 5.80. The summed E-state index contributed by atoms with van der Waals surface area (Å²) < 4.78 is 2.25. The average molecular weight is 298 g/mol. The summed E-state index contributed by atoms with van der Waals surface area (Å²) in [4.78, 5) is 22.8. The Morgan fingerprint density at radius 3 is 2.73 bits per heavy atom. The van der Waals surface area contributed by atoms with Crippen LogP contribution in [0.3, 0.4) is 0 Å². The highest BCUT2D eigenvalue weighted by Gasteiger charge is 2.24. The molecule has 0 aliphatic carbocycles. The van der Waals surface area contributed by atoms with Crippen LogP contribution in [0.25, 0.3) is 0 Å². The van der Waals surface area contributed by atoms with Crippen LogP contribution in [0.4, 0.5) is 0 Å². The summed E-state index contributed by atoms with van der Waals surface area (Å²) in [6, 6.07) is 5.48. The summed E-state index contributed by atoms with van der Waals surface area (Å²) >= 11 is 0. The van der Waals surface area contributed by atoms with Gasteiger partial charge in [0.1, 0.15) is 11.5 Å². The molecule has 0 bridgehead atoms. The molecule has 0 aromatic carbocycles. The number of nitrogens with zero attached hydrogens (tertiary/aromatic N) is 4. The van der Waals surface area contributed by atoms with Crippen LogP contribution in [0.15, 0.2) is 36.8 Å². The Kier molecular flexibility index (Phi) is 4.51. The van der Waals surface area contributed by atoms with Gasteiger partial charge in [-0.1, -0.05) is 13.0 Å². The Balaban J connectivity index is 1.55. The van der Waals surface area contributed by atoms with Crippen LogP contribution in [-0.4, -0.2) is 38.4 Å². The number of likely N-dealkylation sites (tertiary alicyclic amines) is 1. The molecule has 3 heterocycles. The highest BCUT2D eigenvalue weighted by Crippen LogP contribution is 2.21. The lowest BCUT2D eigenvalue weighted by Crippen LogP contribution is -2.39. The highest BCUT2D eigenvalue weighted by atomic mass is 16.2. The van der Waals surface area contributed by atoms with Crippen molar-refractivity contribution in [2.24, 2.45) is 5.92 Å². The molecule has 2 aromatic heterocycles. The third-order valence-corrected chi connectivity index (χ3v) is 4.36. The lowest BCUT2D eigenvalue weighted by atomic mass is 9.96. The first-order valence-corrected chi connectivity index (χ1v) is 7.98. The van der Waals surface area contributed by atoms with E-state index < -0.39 is 0 Å². The number of hydrogen-bond acceptors (Lipinski definition) is 3. The summed E-state index contributed by atoms with van der Waals surface area (Å²) in [5.74, 6) is 1.82. The molecule has 0 saturated carbocycles. The fourth-order valence-corrected chi connectivity index (χ4v) is 3.07. The fourth-order valence-electron chi connectivity index (χ4n) is 3.07. The summed E-state index contributed by atoms with van der Waals surface area (Å²) in [7, 11) is 0. The predicted molar refractivity (Wildman–Crippen MR) is 84.5 cm³/mol. The molecule has 5 nitrogen and oxygen atoms in total. The fraction of sp³-hybridized carbons (Fsp3) is 0.471. The van der Waals surface area contributed by atoms with Crippen molar-refractivity contribution < 1.29 is 4.79 Å². The van der Waals surface area contributed by atoms with E-state index >= 15 is 0 Å². The van der Waals surface area contributed by atoms with Gasteiger partial charge in [0.05, 0.1) is 0 Å². The molecule has 116 valence electrons. The SMILES string of the molecule is CCc1nccn1CC1CCN(C(=O)c2ccccn2)CC1. The summed E-state index contributed by atoms with van der Waals surface area (Å²) in [5.41, 5.74) is 0.545. The molecule has 1 fully saturated rings. The first kappa shape index (κ1) is 14.8. The van der Waals surface area contributed by atoms with Crippen LogP contribution in [-0.2, 0) is 13.0 Å². The van der Waals surface area contributed by atoms with Crippen LogP contribution >= 0.6 is 0 Å². The Morgan fingerprint density at radius 1 is 1.23 bits per heavy atom. The maximum absolute atomic E-state index is 12.4. The number of aromatic nitrogens is 3. The van der Waals surface area contributed by atoms with Gasteiger partial charge >= 0.3 is 0 Å². The molecule has 0 radical (unpaired) electrons. The number of pyridine rings is 1. The van der Waals surface area contributed by atoms with Crippen molar-refractivity contribution in [2.75, 3.05) is 13.1 Å². The number of aryl methyl sites for hydroxylation is 1. The lowest BCUT2D eigenvalue weighted by molar-refractivity contribution is 0.0676. The van der Waals surface area contributed by atoms with E-state index in [-0.39, 0.29) is 5.91 Å². The van der Waals surface area contributed by atoms with Crippen LogP contribution in [0, 0.1) is 5.92 Å². The molecule has 0 spiro atoms. The number of hydrogen-bond donors (Lipinski definition) is 0. The monoisotopic (exact) mass is 298 g/mol. The predicted octanol–water partition coefficient (Wildman–Crippen LogP) is 2.39. The average Bonchev–Trinajstić information content (AvgIpc) is 3.03. The second-order valence-electron chi connectivity index (χ2n) is 5.80. The summed E-state index contributed by atoms with van der Waals surface area (Å²) in [5, 5.41) is 0. The van der Waals surface area contributed by atoms with Crippen molar-refractivity contribution in [2.45, 2.75) is 32.7 Å². The van der Waals surface area contributed by atoms with Gasteiger partial charge in [-0.05, 0) is 30.9 Å². The summed E-state index contributed by atoms with van der Waals surface area (Å²) in [6.07, 6.45) is 8.65. The van der Waals surface area contributed by atoms with Gasteiger partial charge in [0.15, 0.2) is 0 Å². The van der Waals surface area contributed by atoms with E-state index in [0.29, 0.717) is 11.6 Å². The number of carbonyl (C=O) groups excluding carboxylic acids is 1. The normalized spacial score (nSPS) is 16.0. The van der Waals surface area contributed by atoms with Crippen LogP contribution in [0.5, 0.6) is 0 Å². The van der Waals surface area contributed by atoms with Gasteiger partial charge in [0.2, 0.25) is 0 Å². The minimum Gasteiger partial charge on any atom is -0.337 e. The second kappa shape index (κ2) is 6.73.